The number of nitriles is 1. The molecule has 1 rings (SSSR count). The predicted molar refractivity (Wildman–Crippen MR) is 57.9 cm³/mol. The lowest BCUT2D eigenvalue weighted by Gasteiger charge is -2.15. The van der Waals surface area contributed by atoms with Crippen LogP contribution < -0.4 is 5.32 Å². The Morgan fingerprint density at radius 3 is 3.00 bits per heavy atom. The van der Waals surface area contributed by atoms with Gasteiger partial charge in [0.15, 0.2) is 5.82 Å². The molecule has 0 aliphatic heterocycles. The predicted octanol–water partition coefficient (Wildman–Crippen LogP) is 0.422. The van der Waals surface area contributed by atoms with E-state index in [4.69, 9.17) is 14.7 Å². The molecule has 0 aromatic carbocycles. The molecule has 1 aromatic heterocycles. The van der Waals surface area contributed by atoms with Crippen molar-refractivity contribution in [2.45, 2.75) is 6.10 Å². The van der Waals surface area contributed by atoms with Gasteiger partial charge in [0.1, 0.15) is 6.07 Å². The summed E-state index contributed by atoms with van der Waals surface area (Å²) in [6.45, 7) is 0.989. The van der Waals surface area contributed by atoms with Crippen LogP contribution in [0.2, 0.25) is 0 Å². The van der Waals surface area contributed by atoms with Crippen LogP contribution in [0.25, 0.3) is 0 Å². The van der Waals surface area contributed by atoms with Crippen LogP contribution in [0.1, 0.15) is 5.56 Å². The van der Waals surface area contributed by atoms with E-state index >= 15 is 0 Å². The van der Waals surface area contributed by atoms with E-state index in [9.17, 15) is 0 Å². The van der Waals surface area contributed by atoms with Gasteiger partial charge in [0.25, 0.3) is 0 Å². The van der Waals surface area contributed by atoms with Crippen LogP contribution in [-0.4, -0.2) is 43.7 Å². The van der Waals surface area contributed by atoms with Crippen molar-refractivity contribution in [3.05, 3.63) is 17.8 Å². The Labute approximate surface area is 94.2 Å². The summed E-state index contributed by atoms with van der Waals surface area (Å²) in [5.74, 6) is 0.461. The summed E-state index contributed by atoms with van der Waals surface area (Å²) in [7, 11) is 3.21. The highest BCUT2D eigenvalue weighted by Gasteiger charge is 2.09. The summed E-state index contributed by atoms with van der Waals surface area (Å²) in [4.78, 5) is 0. The van der Waals surface area contributed by atoms with Crippen molar-refractivity contribution < 1.29 is 9.47 Å². The maximum Gasteiger partial charge on any atom is 0.166 e. The molecule has 0 fully saturated rings. The van der Waals surface area contributed by atoms with Gasteiger partial charge in [0.2, 0.25) is 0 Å². The lowest BCUT2D eigenvalue weighted by molar-refractivity contribution is 0.0365. The van der Waals surface area contributed by atoms with Gasteiger partial charge in [-0.2, -0.15) is 10.4 Å². The summed E-state index contributed by atoms with van der Waals surface area (Å²) in [5.41, 5.74) is 0.460. The third kappa shape index (κ3) is 3.46. The molecule has 0 aliphatic carbocycles. The maximum absolute atomic E-state index is 8.83. The zero-order chi connectivity index (χ0) is 11.8. The van der Waals surface area contributed by atoms with Crippen LogP contribution in [0.5, 0.6) is 0 Å². The van der Waals surface area contributed by atoms with Crippen molar-refractivity contribution in [3.63, 3.8) is 0 Å². The van der Waals surface area contributed by atoms with Gasteiger partial charge in [0, 0.05) is 20.8 Å². The third-order valence-corrected chi connectivity index (χ3v) is 2.02. The first-order chi connectivity index (χ1) is 7.81. The topological polar surface area (TPSA) is 80.1 Å². The molecule has 0 saturated carbocycles. The van der Waals surface area contributed by atoms with E-state index in [2.05, 4.69) is 15.5 Å². The normalized spacial score (nSPS) is 11.8. The third-order valence-electron chi connectivity index (χ3n) is 2.02. The molecule has 0 amide bonds. The molecule has 0 bridgehead atoms. The second-order valence-corrected chi connectivity index (χ2v) is 3.10. The average Bonchev–Trinajstić information content (AvgIpc) is 2.34. The SMILES string of the molecule is COCC(CNc1nnccc1C#N)OC. The fourth-order valence-corrected chi connectivity index (χ4v) is 1.16. The van der Waals surface area contributed by atoms with Crippen LogP contribution in [0.4, 0.5) is 5.82 Å². The molecule has 86 valence electrons. The van der Waals surface area contributed by atoms with Crippen LogP contribution in [0, 0.1) is 11.3 Å². The molecular formula is C10H14N4O2. The molecule has 6 heteroatoms. The highest BCUT2D eigenvalue weighted by Crippen LogP contribution is 2.08. The average molecular weight is 222 g/mol. The van der Waals surface area contributed by atoms with Crippen molar-refractivity contribution in [2.24, 2.45) is 0 Å². The molecule has 1 aromatic rings. The van der Waals surface area contributed by atoms with Crippen molar-refractivity contribution in [1.82, 2.24) is 10.2 Å². The number of ether oxygens (including phenoxy) is 2. The standard InChI is InChI=1S/C10H14N4O2/c1-15-7-9(16-2)6-12-10-8(5-11)3-4-13-14-10/h3-4,9H,6-7H2,1-2H3,(H,12,14). The Hall–Kier alpha value is -1.71. The van der Waals surface area contributed by atoms with Crippen LogP contribution >= 0.6 is 0 Å². The fourth-order valence-electron chi connectivity index (χ4n) is 1.16. The largest absolute Gasteiger partial charge is 0.382 e. The van der Waals surface area contributed by atoms with Gasteiger partial charge in [-0.05, 0) is 6.07 Å². The van der Waals surface area contributed by atoms with Gasteiger partial charge in [-0.3, -0.25) is 0 Å². The molecule has 6 nitrogen and oxygen atoms in total. The lowest BCUT2D eigenvalue weighted by Crippen LogP contribution is -2.27. The minimum Gasteiger partial charge on any atom is -0.382 e. The molecule has 1 unspecified atom stereocenters. The molecule has 1 atom stereocenters. The Balaban J connectivity index is 2.56. The number of hydrogen-bond donors (Lipinski definition) is 1. The van der Waals surface area contributed by atoms with Gasteiger partial charge in [-0.15, -0.1) is 5.10 Å². The Morgan fingerprint density at radius 2 is 2.38 bits per heavy atom. The van der Waals surface area contributed by atoms with Crippen molar-refractivity contribution >= 4 is 5.82 Å². The van der Waals surface area contributed by atoms with Crippen molar-refractivity contribution in [1.29, 1.82) is 5.26 Å². The Bertz CT molecular complexity index is 364. The molecule has 1 heterocycles. The van der Waals surface area contributed by atoms with Crippen molar-refractivity contribution in [3.8, 4) is 6.07 Å². The molecule has 0 saturated heterocycles. The molecule has 0 spiro atoms. The number of nitrogens with zero attached hydrogens (tertiary/aromatic N) is 3. The number of rotatable bonds is 6. The zero-order valence-electron chi connectivity index (χ0n) is 9.30. The van der Waals surface area contributed by atoms with Crippen molar-refractivity contribution in [2.75, 3.05) is 32.7 Å². The van der Waals surface area contributed by atoms with E-state index in [-0.39, 0.29) is 6.10 Å². The summed E-state index contributed by atoms with van der Waals surface area (Å²) < 4.78 is 10.1. The number of anilines is 1. The van der Waals surface area contributed by atoms with Gasteiger partial charge >= 0.3 is 0 Å². The monoisotopic (exact) mass is 222 g/mol. The summed E-state index contributed by atoms with van der Waals surface area (Å²) >= 11 is 0. The minimum absolute atomic E-state index is 0.0847. The zero-order valence-corrected chi connectivity index (χ0v) is 9.30. The Kier molecular flexibility index (Phi) is 5.19. The number of nitrogens with one attached hydrogen (secondary N) is 1. The second kappa shape index (κ2) is 6.71. The van der Waals surface area contributed by atoms with Gasteiger partial charge in [0.05, 0.1) is 24.5 Å². The quantitative estimate of drug-likeness (QED) is 0.751. The summed E-state index contributed by atoms with van der Waals surface area (Å²) in [6.07, 6.45) is 1.39. The number of aromatic nitrogens is 2. The van der Waals surface area contributed by atoms with E-state index in [0.717, 1.165) is 0 Å². The molecule has 1 N–H and O–H groups in total. The first kappa shape index (κ1) is 12.4. The van der Waals surface area contributed by atoms with Gasteiger partial charge in [-0.1, -0.05) is 0 Å². The van der Waals surface area contributed by atoms with E-state index < -0.39 is 0 Å². The summed E-state index contributed by atoms with van der Waals surface area (Å²) in [6, 6.07) is 3.64. The summed E-state index contributed by atoms with van der Waals surface area (Å²) in [5, 5.41) is 19.4. The smallest absolute Gasteiger partial charge is 0.166 e. The van der Waals surface area contributed by atoms with Gasteiger partial charge in [-0.25, -0.2) is 0 Å². The number of hydrogen-bond acceptors (Lipinski definition) is 6. The highest BCUT2D eigenvalue weighted by molar-refractivity contribution is 5.50. The first-order valence-corrected chi connectivity index (χ1v) is 4.79. The van der Waals surface area contributed by atoms with E-state index in [1.807, 2.05) is 6.07 Å². The van der Waals surface area contributed by atoms with E-state index in [1.54, 1.807) is 20.3 Å². The molecule has 16 heavy (non-hydrogen) atoms. The first-order valence-electron chi connectivity index (χ1n) is 4.79. The van der Waals surface area contributed by atoms with E-state index in [0.29, 0.717) is 24.5 Å². The Morgan fingerprint density at radius 1 is 1.56 bits per heavy atom. The number of methoxy groups -OCH3 is 2. The van der Waals surface area contributed by atoms with E-state index in [1.165, 1.54) is 6.20 Å². The van der Waals surface area contributed by atoms with Gasteiger partial charge < -0.3 is 14.8 Å². The molecule has 0 radical (unpaired) electrons. The van der Waals surface area contributed by atoms with Crippen LogP contribution in [0.15, 0.2) is 12.3 Å². The van der Waals surface area contributed by atoms with Crippen LogP contribution in [0.3, 0.4) is 0 Å². The second-order valence-electron chi connectivity index (χ2n) is 3.10. The highest BCUT2D eigenvalue weighted by atomic mass is 16.5. The fraction of sp³-hybridized carbons (Fsp3) is 0.500. The maximum atomic E-state index is 8.83. The molecular weight excluding hydrogens is 208 g/mol. The molecule has 0 aliphatic rings. The lowest BCUT2D eigenvalue weighted by atomic mass is 10.3. The minimum atomic E-state index is -0.0847. The van der Waals surface area contributed by atoms with Crippen LogP contribution in [-0.2, 0) is 9.47 Å².